The molecular weight excluding hydrogens is 333 g/mol. The average molecular weight is 350 g/mol. The van der Waals surface area contributed by atoms with Crippen LogP contribution in [0.2, 0.25) is 5.02 Å². The van der Waals surface area contributed by atoms with Crippen molar-refractivity contribution in [2.45, 2.75) is 43.5 Å². The van der Waals surface area contributed by atoms with Crippen LogP contribution in [0.25, 0.3) is 0 Å². The molecule has 0 radical (unpaired) electrons. The van der Waals surface area contributed by atoms with Crippen molar-refractivity contribution in [3.05, 3.63) is 28.8 Å². The van der Waals surface area contributed by atoms with E-state index in [1.165, 1.54) is 31.0 Å². The molecule has 116 valence electrons. The Morgan fingerprint density at radius 1 is 1.43 bits per heavy atom. The topological polar surface area (TPSA) is 63.2 Å². The standard InChI is InChI=1S/C14H17Cl2NO3S/c1-2-10(7-9-3-4-9)17-14(18)12-8-11(21(16,19)20)5-6-13(12)15/h5-6,8-10H,2-4,7H2,1H3,(H,17,18). The molecule has 2 rings (SSSR count). The van der Waals surface area contributed by atoms with Crippen molar-refractivity contribution in [1.29, 1.82) is 0 Å². The molecule has 0 saturated heterocycles. The van der Waals surface area contributed by atoms with Crippen molar-refractivity contribution >= 4 is 37.2 Å². The van der Waals surface area contributed by atoms with Gasteiger partial charge in [0.2, 0.25) is 0 Å². The van der Waals surface area contributed by atoms with Crippen LogP contribution in [-0.4, -0.2) is 20.4 Å². The first-order chi connectivity index (χ1) is 9.81. The van der Waals surface area contributed by atoms with Crippen molar-refractivity contribution in [2.75, 3.05) is 0 Å². The summed E-state index contributed by atoms with van der Waals surface area (Å²) < 4.78 is 22.7. The van der Waals surface area contributed by atoms with E-state index in [0.29, 0.717) is 5.92 Å². The molecule has 1 N–H and O–H groups in total. The minimum absolute atomic E-state index is 0.0809. The Morgan fingerprint density at radius 3 is 2.62 bits per heavy atom. The Labute approximate surface area is 134 Å². The number of carbonyl (C=O) groups excluding carboxylic acids is 1. The van der Waals surface area contributed by atoms with Gasteiger partial charge < -0.3 is 5.32 Å². The predicted octanol–water partition coefficient (Wildman–Crippen LogP) is 3.58. The third-order valence-electron chi connectivity index (χ3n) is 3.61. The molecule has 0 heterocycles. The quantitative estimate of drug-likeness (QED) is 0.798. The fourth-order valence-corrected chi connectivity index (χ4v) is 3.16. The van der Waals surface area contributed by atoms with Gasteiger partial charge >= 0.3 is 0 Å². The molecule has 1 aliphatic rings. The largest absolute Gasteiger partial charge is 0.349 e. The number of nitrogens with one attached hydrogen (secondary N) is 1. The second-order valence-corrected chi connectivity index (χ2v) is 8.31. The zero-order valence-electron chi connectivity index (χ0n) is 11.6. The van der Waals surface area contributed by atoms with E-state index in [9.17, 15) is 13.2 Å². The number of hydrogen-bond acceptors (Lipinski definition) is 3. The normalized spacial score (nSPS) is 16.5. The highest BCUT2D eigenvalue weighted by Gasteiger charge is 2.26. The van der Waals surface area contributed by atoms with E-state index < -0.39 is 9.05 Å². The monoisotopic (exact) mass is 349 g/mol. The summed E-state index contributed by atoms with van der Waals surface area (Å²) in [5, 5.41) is 3.12. The van der Waals surface area contributed by atoms with E-state index in [4.69, 9.17) is 22.3 Å². The van der Waals surface area contributed by atoms with Gasteiger partial charge in [0.1, 0.15) is 0 Å². The van der Waals surface area contributed by atoms with Crippen LogP contribution >= 0.6 is 22.3 Å². The molecule has 0 aromatic heterocycles. The summed E-state index contributed by atoms with van der Waals surface area (Å²) in [6.07, 6.45) is 4.21. The van der Waals surface area contributed by atoms with E-state index in [2.05, 4.69) is 5.32 Å². The molecule has 0 bridgehead atoms. The Morgan fingerprint density at radius 2 is 2.10 bits per heavy atom. The first kappa shape index (κ1) is 16.6. The van der Waals surface area contributed by atoms with Crippen LogP contribution in [-0.2, 0) is 9.05 Å². The molecule has 1 saturated carbocycles. The third kappa shape index (κ3) is 4.59. The summed E-state index contributed by atoms with van der Waals surface area (Å²) in [5.74, 6) is 0.329. The van der Waals surface area contributed by atoms with Crippen LogP contribution in [0.15, 0.2) is 23.1 Å². The van der Waals surface area contributed by atoms with Gasteiger partial charge in [0.05, 0.1) is 15.5 Å². The van der Waals surface area contributed by atoms with Gasteiger partial charge in [0.15, 0.2) is 0 Å². The molecule has 1 aromatic carbocycles. The van der Waals surface area contributed by atoms with Crippen LogP contribution in [0.5, 0.6) is 0 Å². The van der Waals surface area contributed by atoms with E-state index in [1.54, 1.807) is 0 Å². The summed E-state index contributed by atoms with van der Waals surface area (Å²) in [5.41, 5.74) is 0.132. The summed E-state index contributed by atoms with van der Waals surface area (Å²) >= 11 is 5.99. The number of carbonyl (C=O) groups is 1. The smallest absolute Gasteiger partial charge is 0.261 e. The van der Waals surface area contributed by atoms with Crippen molar-refractivity contribution < 1.29 is 13.2 Å². The second-order valence-electron chi connectivity index (χ2n) is 5.34. The molecule has 1 aliphatic carbocycles. The average Bonchev–Trinajstić information content (AvgIpc) is 3.20. The van der Waals surface area contributed by atoms with Gasteiger partial charge in [0, 0.05) is 16.7 Å². The SMILES string of the molecule is CCC(CC1CC1)NC(=O)c1cc(S(=O)(=O)Cl)ccc1Cl. The molecule has 1 atom stereocenters. The van der Waals surface area contributed by atoms with Gasteiger partial charge in [-0.15, -0.1) is 0 Å². The molecule has 7 heteroatoms. The highest BCUT2D eigenvalue weighted by Crippen LogP contribution is 2.34. The zero-order valence-corrected chi connectivity index (χ0v) is 13.9. The highest BCUT2D eigenvalue weighted by molar-refractivity contribution is 8.13. The number of hydrogen-bond donors (Lipinski definition) is 1. The Balaban J connectivity index is 2.17. The van der Waals surface area contributed by atoms with Gasteiger partial charge in [0.25, 0.3) is 15.0 Å². The summed E-state index contributed by atoms with van der Waals surface area (Å²) in [6, 6.07) is 3.94. The molecule has 0 spiro atoms. The van der Waals surface area contributed by atoms with Gasteiger partial charge in [-0.3, -0.25) is 4.79 Å². The van der Waals surface area contributed by atoms with Crippen molar-refractivity contribution in [3.8, 4) is 0 Å². The Bertz CT molecular complexity index is 642. The summed E-state index contributed by atoms with van der Waals surface area (Å²) in [4.78, 5) is 12.2. The molecule has 1 fully saturated rings. The zero-order chi connectivity index (χ0) is 15.6. The molecule has 1 amide bonds. The third-order valence-corrected chi connectivity index (χ3v) is 5.29. The maximum absolute atomic E-state index is 12.3. The van der Waals surface area contributed by atoms with Crippen molar-refractivity contribution in [1.82, 2.24) is 5.32 Å². The maximum atomic E-state index is 12.3. The molecule has 1 aromatic rings. The maximum Gasteiger partial charge on any atom is 0.261 e. The van der Waals surface area contributed by atoms with Crippen LogP contribution in [0.1, 0.15) is 43.0 Å². The molecule has 4 nitrogen and oxygen atoms in total. The lowest BCUT2D eigenvalue weighted by Crippen LogP contribution is -2.35. The Kier molecular flexibility index (Phi) is 5.17. The van der Waals surface area contributed by atoms with Gasteiger partial charge in [-0.1, -0.05) is 31.4 Å². The van der Waals surface area contributed by atoms with Gasteiger partial charge in [-0.05, 0) is 37.0 Å². The molecule has 1 unspecified atom stereocenters. The molecule has 0 aliphatic heterocycles. The first-order valence-corrected chi connectivity index (χ1v) is 9.55. The number of amides is 1. The van der Waals surface area contributed by atoms with Gasteiger partial charge in [-0.25, -0.2) is 8.42 Å². The summed E-state index contributed by atoms with van der Waals surface area (Å²) in [7, 11) is 1.41. The van der Waals surface area contributed by atoms with Crippen molar-refractivity contribution in [2.24, 2.45) is 5.92 Å². The Hall–Kier alpha value is -0.780. The second kappa shape index (κ2) is 6.55. The number of benzene rings is 1. The minimum atomic E-state index is -3.89. The van der Waals surface area contributed by atoms with E-state index >= 15 is 0 Å². The van der Waals surface area contributed by atoms with Crippen LogP contribution in [0, 0.1) is 5.92 Å². The highest BCUT2D eigenvalue weighted by atomic mass is 35.7. The first-order valence-electron chi connectivity index (χ1n) is 6.86. The lowest BCUT2D eigenvalue weighted by Gasteiger charge is -2.17. The van der Waals surface area contributed by atoms with E-state index in [0.717, 1.165) is 12.8 Å². The van der Waals surface area contributed by atoms with Gasteiger partial charge in [-0.2, -0.15) is 0 Å². The summed E-state index contributed by atoms with van der Waals surface area (Å²) in [6.45, 7) is 2.01. The van der Waals surface area contributed by atoms with Crippen LogP contribution in [0.3, 0.4) is 0 Å². The number of halogens is 2. The predicted molar refractivity (Wildman–Crippen MR) is 83.4 cm³/mol. The van der Waals surface area contributed by atoms with Crippen LogP contribution in [0.4, 0.5) is 0 Å². The number of rotatable bonds is 6. The minimum Gasteiger partial charge on any atom is -0.349 e. The molecule has 21 heavy (non-hydrogen) atoms. The van der Waals surface area contributed by atoms with E-state index in [1.807, 2.05) is 6.92 Å². The fraction of sp³-hybridized carbons (Fsp3) is 0.500. The van der Waals surface area contributed by atoms with E-state index in [-0.39, 0.29) is 27.4 Å². The lowest BCUT2D eigenvalue weighted by atomic mass is 10.1. The molecular formula is C14H17Cl2NO3S. The van der Waals surface area contributed by atoms with Crippen LogP contribution < -0.4 is 5.32 Å². The van der Waals surface area contributed by atoms with Crippen molar-refractivity contribution in [3.63, 3.8) is 0 Å². The lowest BCUT2D eigenvalue weighted by molar-refractivity contribution is 0.0932. The fourth-order valence-electron chi connectivity index (χ4n) is 2.18.